The highest BCUT2D eigenvalue weighted by molar-refractivity contribution is 7.80. The third-order valence-electron chi connectivity index (χ3n) is 6.97. The van der Waals surface area contributed by atoms with Crippen LogP contribution in [0.3, 0.4) is 0 Å². The number of thiocarbonyl (C=S) groups is 1. The first kappa shape index (κ1) is 32.7. The fraction of sp³-hybridized carbons (Fsp3) is 0.176. The molecule has 46 heavy (non-hydrogen) atoms. The van der Waals surface area contributed by atoms with Gasteiger partial charge in [0.1, 0.15) is 12.4 Å². The number of hydrogen-bond donors (Lipinski definition) is 3. The zero-order chi connectivity index (χ0) is 32.6. The largest absolute Gasteiger partial charge is 0.486 e. The van der Waals surface area contributed by atoms with Gasteiger partial charge in [-0.15, -0.1) is 0 Å². The Morgan fingerprint density at radius 3 is 2.46 bits per heavy atom. The van der Waals surface area contributed by atoms with Gasteiger partial charge in [0.2, 0.25) is 0 Å². The van der Waals surface area contributed by atoms with Gasteiger partial charge in [-0.05, 0) is 72.2 Å². The molecular formula is C34H30Cl2N4O5S. The minimum absolute atomic E-state index is 0.216. The summed E-state index contributed by atoms with van der Waals surface area (Å²) < 4.78 is 17.0. The summed E-state index contributed by atoms with van der Waals surface area (Å²) in [6.07, 6.45) is 1.41. The Morgan fingerprint density at radius 1 is 0.978 bits per heavy atom. The molecule has 0 spiro atoms. The van der Waals surface area contributed by atoms with Gasteiger partial charge < -0.3 is 24.8 Å². The number of esters is 1. The lowest BCUT2D eigenvalue weighted by Gasteiger charge is -2.30. The van der Waals surface area contributed by atoms with E-state index in [-0.39, 0.29) is 19.8 Å². The van der Waals surface area contributed by atoms with E-state index >= 15 is 0 Å². The van der Waals surface area contributed by atoms with Gasteiger partial charge in [-0.1, -0.05) is 77.8 Å². The first-order chi connectivity index (χ1) is 22.2. The van der Waals surface area contributed by atoms with Crippen LogP contribution in [-0.2, 0) is 20.9 Å². The number of allylic oxidation sites excluding steroid dienone is 1. The van der Waals surface area contributed by atoms with E-state index in [9.17, 15) is 9.59 Å². The number of hydrazone groups is 1. The lowest BCUT2D eigenvalue weighted by atomic mass is 9.95. The zero-order valence-electron chi connectivity index (χ0n) is 24.9. The summed E-state index contributed by atoms with van der Waals surface area (Å²) in [6, 6.07) is 23.8. The van der Waals surface area contributed by atoms with Gasteiger partial charge in [-0.2, -0.15) is 5.10 Å². The third-order valence-corrected chi connectivity index (χ3v) is 7.76. The molecule has 0 bridgehead atoms. The van der Waals surface area contributed by atoms with Crippen LogP contribution in [0.2, 0.25) is 10.0 Å². The van der Waals surface area contributed by atoms with Crippen molar-refractivity contribution in [1.82, 2.24) is 16.1 Å². The Hall–Kier alpha value is -4.64. The molecule has 3 N–H and O–H groups in total. The first-order valence-corrected chi connectivity index (χ1v) is 15.5. The quantitative estimate of drug-likeness (QED) is 0.0705. The summed E-state index contributed by atoms with van der Waals surface area (Å²) in [5, 5.41) is 13.3. The maximum Gasteiger partial charge on any atom is 0.338 e. The monoisotopic (exact) mass is 676 g/mol. The van der Waals surface area contributed by atoms with Gasteiger partial charge in [0.25, 0.3) is 5.91 Å². The van der Waals surface area contributed by atoms with Crippen LogP contribution in [0.15, 0.2) is 95.2 Å². The van der Waals surface area contributed by atoms with Crippen molar-refractivity contribution in [2.45, 2.75) is 26.5 Å². The minimum atomic E-state index is -0.640. The average molecular weight is 678 g/mol. The number of carbonyl (C=O) groups is 2. The smallest absolute Gasteiger partial charge is 0.338 e. The maximum atomic E-state index is 12.8. The molecule has 0 fully saturated rings. The van der Waals surface area contributed by atoms with E-state index in [1.165, 1.54) is 6.21 Å². The van der Waals surface area contributed by atoms with E-state index in [2.05, 4.69) is 33.3 Å². The Balaban J connectivity index is 1.19. The van der Waals surface area contributed by atoms with Crippen LogP contribution in [0, 0.1) is 0 Å². The van der Waals surface area contributed by atoms with Gasteiger partial charge in [-0.25, -0.2) is 10.2 Å². The molecule has 1 aliphatic heterocycles. The normalized spacial score (nSPS) is 14.5. The number of nitrogens with zero attached hydrogens (tertiary/aromatic N) is 1. The van der Waals surface area contributed by atoms with Gasteiger partial charge in [0.15, 0.2) is 17.5 Å². The van der Waals surface area contributed by atoms with Gasteiger partial charge in [0.05, 0.1) is 34.5 Å². The Kier molecular flexibility index (Phi) is 10.7. The van der Waals surface area contributed by atoms with Gasteiger partial charge >= 0.3 is 5.97 Å². The van der Waals surface area contributed by atoms with E-state index in [1.54, 1.807) is 50.2 Å². The predicted molar refractivity (Wildman–Crippen MR) is 183 cm³/mol. The number of halogens is 2. The van der Waals surface area contributed by atoms with E-state index < -0.39 is 17.9 Å². The van der Waals surface area contributed by atoms with Crippen LogP contribution in [0.5, 0.6) is 11.5 Å². The number of ether oxygens (including phenoxy) is 3. The summed E-state index contributed by atoms with van der Waals surface area (Å²) in [7, 11) is 0. The number of nitrogens with one attached hydrogen (secondary N) is 3. The SMILES string of the molecule is CCOC(=O)C1=C(C)NC(=S)N[C@@H]1c1ccccc1OCC(=O)NN=Cc1cc(Cl)c(OCc2ccc3ccccc3c2)c(Cl)c1. The number of hydrogen-bond acceptors (Lipinski definition) is 7. The van der Waals surface area contributed by atoms with Crippen LogP contribution < -0.4 is 25.5 Å². The second-order valence-corrected chi connectivity index (χ2v) is 11.4. The second kappa shape index (κ2) is 15.1. The first-order valence-electron chi connectivity index (χ1n) is 14.3. The van der Waals surface area contributed by atoms with Crippen LogP contribution >= 0.6 is 35.4 Å². The summed E-state index contributed by atoms with van der Waals surface area (Å²) >= 11 is 18.3. The molecule has 1 aliphatic rings. The number of fused-ring (bicyclic) bond motifs is 1. The van der Waals surface area contributed by atoms with Gasteiger partial charge in [-0.3, -0.25) is 4.79 Å². The van der Waals surface area contributed by atoms with Crippen molar-refractivity contribution in [3.63, 3.8) is 0 Å². The lowest BCUT2D eigenvalue weighted by Crippen LogP contribution is -2.45. The molecule has 12 heteroatoms. The molecule has 236 valence electrons. The highest BCUT2D eigenvalue weighted by atomic mass is 35.5. The topological polar surface area (TPSA) is 110 Å². The van der Waals surface area contributed by atoms with Crippen LogP contribution in [0.1, 0.15) is 36.6 Å². The molecule has 1 amide bonds. The van der Waals surface area contributed by atoms with Crippen LogP contribution in [-0.4, -0.2) is 36.4 Å². The number of rotatable bonds is 11. The van der Waals surface area contributed by atoms with E-state index in [0.29, 0.717) is 49.1 Å². The highest BCUT2D eigenvalue weighted by Gasteiger charge is 2.32. The number of amides is 1. The lowest BCUT2D eigenvalue weighted by molar-refractivity contribution is -0.139. The predicted octanol–water partition coefficient (Wildman–Crippen LogP) is 6.61. The fourth-order valence-corrected chi connectivity index (χ4v) is 5.77. The van der Waals surface area contributed by atoms with Crippen molar-refractivity contribution in [2.75, 3.05) is 13.2 Å². The Bertz CT molecular complexity index is 1840. The molecule has 0 aliphatic carbocycles. The summed E-state index contributed by atoms with van der Waals surface area (Å²) in [4.78, 5) is 25.3. The summed E-state index contributed by atoms with van der Waals surface area (Å²) in [6.45, 7) is 3.64. The number of benzene rings is 4. The molecule has 0 radical (unpaired) electrons. The van der Waals surface area contributed by atoms with E-state index in [4.69, 9.17) is 49.6 Å². The van der Waals surface area contributed by atoms with Crippen molar-refractivity contribution in [3.05, 3.63) is 117 Å². The molecule has 4 aromatic rings. The maximum absolute atomic E-state index is 12.8. The molecule has 0 saturated carbocycles. The van der Waals surface area contributed by atoms with E-state index in [1.807, 2.05) is 30.3 Å². The number of para-hydroxylation sites is 1. The van der Waals surface area contributed by atoms with E-state index in [0.717, 1.165) is 16.3 Å². The second-order valence-electron chi connectivity index (χ2n) is 10.2. The molecule has 1 heterocycles. The van der Waals surface area contributed by atoms with Crippen molar-refractivity contribution >= 4 is 69.4 Å². The highest BCUT2D eigenvalue weighted by Crippen LogP contribution is 2.35. The zero-order valence-corrected chi connectivity index (χ0v) is 27.3. The summed E-state index contributed by atoms with van der Waals surface area (Å²) in [5.74, 6) is -0.259. The molecule has 5 rings (SSSR count). The average Bonchev–Trinajstić information content (AvgIpc) is 3.03. The fourth-order valence-electron chi connectivity index (χ4n) is 4.89. The minimum Gasteiger partial charge on any atom is -0.486 e. The van der Waals surface area contributed by atoms with Crippen molar-refractivity contribution in [1.29, 1.82) is 0 Å². The molecule has 9 nitrogen and oxygen atoms in total. The van der Waals surface area contributed by atoms with Crippen molar-refractivity contribution < 1.29 is 23.8 Å². The molecule has 0 aromatic heterocycles. The van der Waals surface area contributed by atoms with Gasteiger partial charge in [0, 0.05) is 11.3 Å². The molecule has 0 saturated heterocycles. The van der Waals surface area contributed by atoms with Crippen molar-refractivity contribution in [2.24, 2.45) is 5.10 Å². The van der Waals surface area contributed by atoms with Crippen molar-refractivity contribution in [3.8, 4) is 11.5 Å². The molecule has 0 unspecified atom stereocenters. The van der Waals surface area contributed by atoms with Crippen LogP contribution in [0.25, 0.3) is 10.8 Å². The van der Waals surface area contributed by atoms with Crippen LogP contribution in [0.4, 0.5) is 0 Å². The molecular weight excluding hydrogens is 647 g/mol. The summed E-state index contributed by atoms with van der Waals surface area (Å²) in [5.41, 5.74) is 5.51. The third kappa shape index (κ3) is 7.95. The Morgan fingerprint density at radius 2 is 1.70 bits per heavy atom. The molecule has 4 aromatic carbocycles. The molecule has 1 atom stereocenters. The standard InChI is InChI=1S/C34H30Cl2N4O5S/c1-3-43-33(42)30-20(2)38-34(46)39-31(30)25-10-6-7-11-28(25)44-19-29(41)40-37-17-22-15-26(35)32(27(36)16-22)45-18-21-12-13-23-8-4-5-9-24(23)14-21/h4-17,31H,3,18-19H2,1-2H3,(H,40,41)(H2,38,39,46)/t31-/m1/s1. The number of carbonyl (C=O) groups excluding carboxylic acids is 2. The Labute approximate surface area is 281 Å².